The third kappa shape index (κ3) is 1.49. The van der Waals surface area contributed by atoms with Crippen LogP contribution >= 0.6 is 0 Å². The quantitative estimate of drug-likeness (QED) is 0.645. The third-order valence-electron chi connectivity index (χ3n) is 2.47. The average molecular weight is 175 g/mol. The van der Waals surface area contributed by atoms with E-state index in [2.05, 4.69) is 4.99 Å². The fraction of sp³-hybridized carbons (Fsp3) is 0.364. The predicted octanol–water partition coefficient (Wildman–Crippen LogP) is 2.39. The number of nitrogens with zero attached hydrogens (tertiary/aromatic N) is 1. The summed E-state index contributed by atoms with van der Waals surface area (Å²) in [5.41, 5.74) is 1.10. The second kappa shape index (κ2) is 2.96. The van der Waals surface area contributed by atoms with E-state index >= 15 is 0 Å². The van der Waals surface area contributed by atoms with Gasteiger partial charge in [-0.25, -0.2) is 0 Å². The summed E-state index contributed by atoms with van der Waals surface area (Å²) in [6.07, 6.45) is 3.45. The van der Waals surface area contributed by atoms with E-state index in [4.69, 9.17) is 0 Å². The second-order valence-electron chi connectivity index (χ2n) is 3.64. The Balaban J connectivity index is 2.56. The Morgan fingerprint density at radius 1 is 1.38 bits per heavy atom. The van der Waals surface area contributed by atoms with E-state index in [0.717, 1.165) is 24.1 Å². The van der Waals surface area contributed by atoms with E-state index in [1.165, 1.54) is 0 Å². The molecular weight excluding hydrogens is 162 g/mol. The number of hydrogen-bond acceptors (Lipinski definition) is 2. The van der Waals surface area contributed by atoms with Crippen LogP contribution in [-0.4, -0.2) is 11.3 Å². The van der Waals surface area contributed by atoms with Crippen LogP contribution in [0.4, 0.5) is 5.69 Å². The summed E-state index contributed by atoms with van der Waals surface area (Å²) in [5, 5.41) is 10.1. The molecule has 2 nitrogen and oxygen atoms in total. The molecule has 1 aliphatic heterocycles. The minimum absolute atomic E-state index is 0.729. The standard InChI is InChI=1S/C11H13NO/c1-11(13)7-4-8-12-10-6-3-2-5-9(10)11/h2-3,5-6,8,13H,4,7H2,1H3. The summed E-state index contributed by atoms with van der Waals surface area (Å²) < 4.78 is 0. The maximum absolute atomic E-state index is 10.1. The summed E-state index contributed by atoms with van der Waals surface area (Å²) in [5.74, 6) is 0. The molecule has 68 valence electrons. The Labute approximate surface area is 77.9 Å². The Hall–Kier alpha value is -1.15. The summed E-state index contributed by atoms with van der Waals surface area (Å²) in [7, 11) is 0. The Morgan fingerprint density at radius 2 is 2.15 bits per heavy atom. The SMILES string of the molecule is CC1(O)CCC=Nc2ccccc21. The van der Waals surface area contributed by atoms with Gasteiger partial charge in [0.05, 0.1) is 11.3 Å². The van der Waals surface area contributed by atoms with Gasteiger partial charge in [0.2, 0.25) is 0 Å². The number of hydrogen-bond donors (Lipinski definition) is 1. The lowest BCUT2D eigenvalue weighted by Crippen LogP contribution is -2.20. The highest BCUT2D eigenvalue weighted by Gasteiger charge is 2.26. The first-order chi connectivity index (χ1) is 6.20. The van der Waals surface area contributed by atoms with Crippen LogP contribution < -0.4 is 0 Å². The van der Waals surface area contributed by atoms with E-state index in [1.807, 2.05) is 37.4 Å². The Morgan fingerprint density at radius 3 is 3.00 bits per heavy atom. The molecule has 1 unspecified atom stereocenters. The van der Waals surface area contributed by atoms with Crippen molar-refractivity contribution in [2.45, 2.75) is 25.4 Å². The molecule has 1 aromatic rings. The fourth-order valence-electron chi connectivity index (χ4n) is 1.68. The molecule has 1 aromatic carbocycles. The molecule has 0 saturated carbocycles. The minimum Gasteiger partial charge on any atom is -0.385 e. The topological polar surface area (TPSA) is 32.6 Å². The zero-order chi connectivity index (χ0) is 9.31. The lowest BCUT2D eigenvalue weighted by Gasteiger charge is -2.22. The van der Waals surface area contributed by atoms with Crippen molar-refractivity contribution >= 4 is 11.9 Å². The highest BCUT2D eigenvalue weighted by Crippen LogP contribution is 2.34. The van der Waals surface area contributed by atoms with Crippen molar-refractivity contribution in [3.05, 3.63) is 29.8 Å². The molecular formula is C11H13NO. The summed E-state index contributed by atoms with van der Waals surface area (Å²) in [6.45, 7) is 1.85. The number of aliphatic hydroxyl groups is 1. The van der Waals surface area contributed by atoms with Gasteiger partial charge in [0.25, 0.3) is 0 Å². The lowest BCUT2D eigenvalue weighted by atomic mass is 9.91. The number of benzene rings is 1. The van der Waals surface area contributed by atoms with Gasteiger partial charge >= 0.3 is 0 Å². The first-order valence-corrected chi connectivity index (χ1v) is 4.54. The van der Waals surface area contributed by atoms with E-state index in [-0.39, 0.29) is 0 Å². The average Bonchev–Trinajstić information content (AvgIpc) is 2.26. The van der Waals surface area contributed by atoms with Gasteiger partial charge in [0, 0.05) is 11.8 Å². The zero-order valence-electron chi connectivity index (χ0n) is 7.70. The van der Waals surface area contributed by atoms with Crippen molar-refractivity contribution < 1.29 is 5.11 Å². The molecule has 2 rings (SSSR count). The molecule has 0 aliphatic carbocycles. The summed E-state index contributed by atoms with van der Waals surface area (Å²) in [4.78, 5) is 4.30. The van der Waals surface area contributed by atoms with E-state index in [9.17, 15) is 5.11 Å². The van der Waals surface area contributed by atoms with Gasteiger partial charge < -0.3 is 5.11 Å². The lowest BCUT2D eigenvalue weighted by molar-refractivity contribution is 0.0515. The maximum Gasteiger partial charge on any atom is 0.0892 e. The highest BCUT2D eigenvalue weighted by atomic mass is 16.3. The molecule has 0 bridgehead atoms. The molecule has 1 aliphatic rings. The van der Waals surface area contributed by atoms with Gasteiger partial charge in [-0.1, -0.05) is 18.2 Å². The van der Waals surface area contributed by atoms with Crippen molar-refractivity contribution in [3.8, 4) is 0 Å². The van der Waals surface area contributed by atoms with Crippen LogP contribution in [0, 0.1) is 0 Å². The van der Waals surface area contributed by atoms with Crippen LogP contribution in [-0.2, 0) is 5.60 Å². The molecule has 13 heavy (non-hydrogen) atoms. The largest absolute Gasteiger partial charge is 0.385 e. The van der Waals surface area contributed by atoms with Crippen LogP contribution in [0.1, 0.15) is 25.3 Å². The van der Waals surface area contributed by atoms with E-state index in [1.54, 1.807) is 0 Å². The second-order valence-corrected chi connectivity index (χ2v) is 3.64. The first-order valence-electron chi connectivity index (χ1n) is 4.54. The zero-order valence-corrected chi connectivity index (χ0v) is 7.70. The van der Waals surface area contributed by atoms with Crippen molar-refractivity contribution in [3.63, 3.8) is 0 Å². The van der Waals surface area contributed by atoms with E-state index < -0.39 is 5.60 Å². The maximum atomic E-state index is 10.1. The fourth-order valence-corrected chi connectivity index (χ4v) is 1.68. The number of para-hydroxylation sites is 1. The Kier molecular flexibility index (Phi) is 1.93. The van der Waals surface area contributed by atoms with Gasteiger partial charge in [-0.05, 0) is 25.8 Å². The highest BCUT2D eigenvalue weighted by molar-refractivity contribution is 5.67. The molecule has 0 saturated heterocycles. The van der Waals surface area contributed by atoms with Crippen molar-refractivity contribution in [2.75, 3.05) is 0 Å². The first kappa shape index (κ1) is 8.45. The van der Waals surface area contributed by atoms with Gasteiger partial charge in [0.15, 0.2) is 0 Å². The number of aliphatic imine (C=N–C) groups is 1. The molecule has 1 N–H and O–H groups in total. The molecule has 0 amide bonds. The molecule has 0 aromatic heterocycles. The van der Waals surface area contributed by atoms with Crippen molar-refractivity contribution in [1.29, 1.82) is 0 Å². The third-order valence-corrected chi connectivity index (χ3v) is 2.47. The van der Waals surface area contributed by atoms with Gasteiger partial charge in [-0.15, -0.1) is 0 Å². The molecule has 1 atom stereocenters. The van der Waals surface area contributed by atoms with Crippen LogP contribution in [0.15, 0.2) is 29.3 Å². The van der Waals surface area contributed by atoms with E-state index in [0.29, 0.717) is 0 Å². The van der Waals surface area contributed by atoms with Crippen LogP contribution in [0.2, 0.25) is 0 Å². The smallest absolute Gasteiger partial charge is 0.0892 e. The number of fused-ring (bicyclic) bond motifs is 1. The van der Waals surface area contributed by atoms with Gasteiger partial charge in [0.1, 0.15) is 0 Å². The van der Waals surface area contributed by atoms with Crippen molar-refractivity contribution in [1.82, 2.24) is 0 Å². The van der Waals surface area contributed by atoms with Gasteiger partial charge in [-0.3, -0.25) is 4.99 Å². The summed E-state index contributed by atoms with van der Waals surface area (Å²) >= 11 is 0. The van der Waals surface area contributed by atoms with Crippen LogP contribution in [0.5, 0.6) is 0 Å². The Bertz CT molecular complexity index is 342. The molecule has 0 spiro atoms. The summed E-state index contributed by atoms with van der Waals surface area (Å²) in [6, 6.07) is 7.76. The monoisotopic (exact) mass is 175 g/mol. The minimum atomic E-state index is -0.729. The van der Waals surface area contributed by atoms with Gasteiger partial charge in [-0.2, -0.15) is 0 Å². The van der Waals surface area contributed by atoms with Crippen LogP contribution in [0.3, 0.4) is 0 Å². The molecule has 0 fully saturated rings. The normalized spacial score (nSPS) is 26.6. The van der Waals surface area contributed by atoms with Crippen LogP contribution in [0.25, 0.3) is 0 Å². The van der Waals surface area contributed by atoms with Crippen molar-refractivity contribution in [2.24, 2.45) is 4.99 Å². The number of rotatable bonds is 0. The molecule has 2 heteroatoms. The molecule has 1 heterocycles. The molecule has 0 radical (unpaired) electrons. The predicted molar refractivity (Wildman–Crippen MR) is 53.4 cm³/mol.